The van der Waals surface area contributed by atoms with Crippen LogP contribution in [0.5, 0.6) is 5.75 Å². The van der Waals surface area contributed by atoms with E-state index in [1.807, 2.05) is 39.0 Å². The number of rotatable bonds is 10. The zero-order valence-electron chi connectivity index (χ0n) is 22.8. The van der Waals surface area contributed by atoms with Crippen molar-refractivity contribution < 1.29 is 29.0 Å². The predicted molar refractivity (Wildman–Crippen MR) is 143 cm³/mol. The van der Waals surface area contributed by atoms with Crippen LogP contribution in [-0.4, -0.2) is 59.8 Å². The summed E-state index contributed by atoms with van der Waals surface area (Å²) >= 11 is 0. The molecule has 2 atom stereocenters. The molecule has 2 rings (SSSR count). The van der Waals surface area contributed by atoms with E-state index in [2.05, 4.69) is 10.6 Å². The zero-order chi connectivity index (χ0) is 27.8. The molecule has 0 saturated carbocycles. The number of carbonyl (C=O) groups excluding carboxylic acids is 3. The first kappa shape index (κ1) is 29.6. The van der Waals surface area contributed by atoms with E-state index in [0.717, 1.165) is 11.1 Å². The van der Waals surface area contributed by atoms with Gasteiger partial charge in [0, 0.05) is 12.2 Å². The molecule has 0 aromatic heterocycles. The van der Waals surface area contributed by atoms with E-state index in [1.54, 1.807) is 52.1 Å². The largest absolute Gasteiger partial charge is 0.497 e. The molecule has 3 N–H and O–H groups in total. The molecule has 0 aliphatic rings. The molecule has 37 heavy (non-hydrogen) atoms. The van der Waals surface area contributed by atoms with Crippen LogP contribution in [0.2, 0.25) is 0 Å². The van der Waals surface area contributed by atoms with Crippen molar-refractivity contribution in [3.8, 4) is 5.75 Å². The van der Waals surface area contributed by atoms with Crippen molar-refractivity contribution in [3.05, 3.63) is 59.2 Å². The Morgan fingerprint density at radius 1 is 1.05 bits per heavy atom. The molecular weight excluding hydrogens is 474 g/mol. The molecule has 0 heterocycles. The van der Waals surface area contributed by atoms with Gasteiger partial charge in [0.05, 0.1) is 13.7 Å². The lowest BCUT2D eigenvalue weighted by molar-refractivity contribution is -0.141. The van der Waals surface area contributed by atoms with E-state index in [4.69, 9.17) is 9.47 Å². The summed E-state index contributed by atoms with van der Waals surface area (Å²) in [6, 6.07) is 10.3. The van der Waals surface area contributed by atoms with Crippen LogP contribution in [0.1, 0.15) is 56.8 Å². The highest BCUT2D eigenvalue weighted by atomic mass is 16.6. The van der Waals surface area contributed by atoms with Crippen LogP contribution in [0.4, 0.5) is 10.5 Å². The maximum absolute atomic E-state index is 13.8. The fourth-order valence-electron chi connectivity index (χ4n) is 3.83. The number of hydrogen-bond donors (Lipinski definition) is 3. The fourth-order valence-corrected chi connectivity index (χ4v) is 3.83. The minimum absolute atomic E-state index is 0.222. The van der Waals surface area contributed by atoms with Crippen LogP contribution in [0.25, 0.3) is 0 Å². The third kappa shape index (κ3) is 8.49. The Morgan fingerprint density at radius 3 is 2.24 bits per heavy atom. The van der Waals surface area contributed by atoms with Gasteiger partial charge in [-0.25, -0.2) is 4.79 Å². The number of anilines is 1. The lowest BCUT2D eigenvalue weighted by atomic mass is 9.96. The second-order valence-electron chi connectivity index (χ2n) is 9.89. The van der Waals surface area contributed by atoms with Crippen molar-refractivity contribution in [2.24, 2.45) is 0 Å². The van der Waals surface area contributed by atoms with Crippen molar-refractivity contribution >= 4 is 23.6 Å². The molecule has 0 aliphatic heterocycles. The summed E-state index contributed by atoms with van der Waals surface area (Å²) < 4.78 is 10.5. The van der Waals surface area contributed by atoms with Gasteiger partial charge in [0.25, 0.3) is 5.91 Å². The average Bonchev–Trinajstić information content (AvgIpc) is 2.83. The lowest BCUT2D eigenvalue weighted by Crippen LogP contribution is -2.54. The Balaban J connectivity index is 2.48. The topological polar surface area (TPSA) is 117 Å². The number of amides is 3. The minimum Gasteiger partial charge on any atom is -0.497 e. The molecule has 0 aliphatic carbocycles. The molecule has 202 valence electrons. The number of ether oxygens (including phenoxy) is 2. The number of nitrogens with zero attached hydrogens (tertiary/aromatic N) is 1. The van der Waals surface area contributed by atoms with Gasteiger partial charge in [0.1, 0.15) is 23.4 Å². The van der Waals surface area contributed by atoms with Gasteiger partial charge in [0.2, 0.25) is 5.91 Å². The summed E-state index contributed by atoms with van der Waals surface area (Å²) in [5.74, 6) is -0.369. The SMILES string of the molecule is CCCN(C(=O)C(CO)NC(=O)OC(C)(C)C)C(C(=O)Nc1ccc(OC)cc1)c1cc(C)ccc1C. The first-order chi connectivity index (χ1) is 17.4. The second-order valence-corrected chi connectivity index (χ2v) is 9.89. The van der Waals surface area contributed by atoms with Crippen molar-refractivity contribution in [2.45, 2.75) is 65.6 Å². The first-order valence-corrected chi connectivity index (χ1v) is 12.3. The summed E-state index contributed by atoms with van der Waals surface area (Å²) in [5.41, 5.74) is 2.17. The smallest absolute Gasteiger partial charge is 0.408 e. The van der Waals surface area contributed by atoms with Crippen molar-refractivity contribution in [1.29, 1.82) is 0 Å². The molecule has 2 unspecified atom stereocenters. The molecule has 0 spiro atoms. The zero-order valence-corrected chi connectivity index (χ0v) is 22.8. The molecule has 0 radical (unpaired) electrons. The van der Waals surface area contributed by atoms with Gasteiger partial charge in [-0.05, 0) is 76.4 Å². The highest BCUT2D eigenvalue weighted by molar-refractivity contribution is 5.99. The van der Waals surface area contributed by atoms with Gasteiger partial charge >= 0.3 is 6.09 Å². The Bertz CT molecular complexity index is 1080. The number of aliphatic hydroxyl groups excluding tert-OH is 1. The quantitative estimate of drug-likeness (QED) is 0.440. The van der Waals surface area contributed by atoms with Gasteiger partial charge in [0.15, 0.2) is 0 Å². The molecule has 9 nitrogen and oxygen atoms in total. The van der Waals surface area contributed by atoms with Crippen LogP contribution in [0, 0.1) is 13.8 Å². The number of nitrogens with one attached hydrogen (secondary N) is 2. The molecule has 9 heteroatoms. The van der Waals surface area contributed by atoms with Gasteiger partial charge < -0.3 is 30.1 Å². The fraction of sp³-hybridized carbons (Fsp3) is 0.464. The maximum Gasteiger partial charge on any atom is 0.408 e. The molecule has 3 amide bonds. The Morgan fingerprint density at radius 2 is 1.70 bits per heavy atom. The van der Waals surface area contributed by atoms with E-state index in [-0.39, 0.29) is 6.54 Å². The van der Waals surface area contributed by atoms with E-state index in [0.29, 0.717) is 23.4 Å². The number of benzene rings is 2. The average molecular weight is 514 g/mol. The van der Waals surface area contributed by atoms with Crippen LogP contribution in [0.3, 0.4) is 0 Å². The van der Waals surface area contributed by atoms with Crippen LogP contribution in [-0.2, 0) is 14.3 Å². The van der Waals surface area contributed by atoms with Crippen LogP contribution < -0.4 is 15.4 Å². The number of alkyl carbamates (subject to hydrolysis) is 1. The highest BCUT2D eigenvalue weighted by Crippen LogP contribution is 2.28. The minimum atomic E-state index is -1.29. The van der Waals surface area contributed by atoms with Crippen LogP contribution in [0.15, 0.2) is 42.5 Å². The molecule has 2 aromatic rings. The van der Waals surface area contributed by atoms with Crippen molar-refractivity contribution in [3.63, 3.8) is 0 Å². The highest BCUT2D eigenvalue weighted by Gasteiger charge is 2.36. The summed E-state index contributed by atoms with van der Waals surface area (Å²) in [6.45, 7) is 10.3. The third-order valence-electron chi connectivity index (χ3n) is 5.57. The van der Waals surface area contributed by atoms with Gasteiger partial charge in [-0.3, -0.25) is 9.59 Å². The number of methoxy groups -OCH3 is 1. The molecular formula is C28H39N3O6. The molecule has 2 aromatic carbocycles. The van der Waals surface area contributed by atoms with Gasteiger partial charge in [-0.15, -0.1) is 0 Å². The standard InChI is InChI=1S/C28H39N3O6/c1-8-15-31(26(34)23(17-32)30-27(35)37-28(4,5)6)24(22-16-18(2)9-10-19(22)3)25(33)29-20-11-13-21(36-7)14-12-20/h9-14,16,23-24,32H,8,15,17H2,1-7H3,(H,29,33)(H,30,35). The van der Waals surface area contributed by atoms with E-state index in [1.165, 1.54) is 4.90 Å². The monoisotopic (exact) mass is 513 g/mol. The molecule has 0 bridgehead atoms. The molecule has 0 saturated heterocycles. The van der Waals surface area contributed by atoms with Crippen molar-refractivity contribution in [1.82, 2.24) is 10.2 Å². The number of aryl methyl sites for hydroxylation is 2. The summed E-state index contributed by atoms with van der Waals surface area (Å²) in [5, 5.41) is 15.4. The predicted octanol–water partition coefficient (Wildman–Crippen LogP) is 4.12. The van der Waals surface area contributed by atoms with Crippen LogP contribution >= 0.6 is 0 Å². The Labute approximate surface area is 219 Å². The normalized spacial score (nSPS) is 12.8. The van der Waals surface area contributed by atoms with E-state index >= 15 is 0 Å². The lowest BCUT2D eigenvalue weighted by Gasteiger charge is -2.34. The van der Waals surface area contributed by atoms with Crippen molar-refractivity contribution in [2.75, 3.05) is 25.6 Å². The first-order valence-electron chi connectivity index (χ1n) is 12.3. The van der Waals surface area contributed by atoms with E-state index < -0.39 is 42.2 Å². The molecule has 0 fully saturated rings. The number of carbonyl (C=O) groups is 3. The summed E-state index contributed by atoms with van der Waals surface area (Å²) in [7, 11) is 1.56. The second kappa shape index (κ2) is 13.1. The van der Waals surface area contributed by atoms with Gasteiger partial charge in [-0.1, -0.05) is 30.7 Å². The number of hydrogen-bond acceptors (Lipinski definition) is 6. The summed E-state index contributed by atoms with van der Waals surface area (Å²) in [4.78, 5) is 41.3. The Kier molecular flexibility index (Phi) is 10.5. The third-order valence-corrected chi connectivity index (χ3v) is 5.57. The van der Waals surface area contributed by atoms with E-state index in [9.17, 15) is 19.5 Å². The maximum atomic E-state index is 13.8. The summed E-state index contributed by atoms with van der Waals surface area (Å²) in [6.07, 6.45) is -0.282. The van der Waals surface area contributed by atoms with Gasteiger partial charge in [-0.2, -0.15) is 0 Å². The number of aliphatic hydroxyl groups is 1. The Hall–Kier alpha value is -3.59.